The second kappa shape index (κ2) is 4.03. The van der Waals surface area contributed by atoms with E-state index >= 15 is 0 Å². The minimum absolute atomic E-state index is 0.132. The van der Waals surface area contributed by atoms with Crippen molar-refractivity contribution in [2.24, 2.45) is 5.73 Å². The lowest BCUT2D eigenvalue weighted by Crippen LogP contribution is -2.26. The van der Waals surface area contributed by atoms with E-state index in [0.717, 1.165) is 18.9 Å². The first-order valence-corrected chi connectivity index (χ1v) is 6.17. The Bertz CT molecular complexity index is 509. The zero-order valence-corrected chi connectivity index (χ0v) is 10.2. The molecule has 1 aromatic carbocycles. The van der Waals surface area contributed by atoms with Gasteiger partial charge in [0.1, 0.15) is 18.8 Å². The molecule has 104 valence electrons. The molecule has 2 N–H and O–H groups in total. The minimum atomic E-state index is -4.44. The highest BCUT2D eigenvalue weighted by Gasteiger charge is 2.41. The first-order valence-electron chi connectivity index (χ1n) is 6.17. The molecule has 0 bridgehead atoms. The van der Waals surface area contributed by atoms with Gasteiger partial charge in [0.15, 0.2) is 11.5 Å². The SMILES string of the molecule is NC1(Cc2ccc(C(F)(F)F)c3c2OCCO3)CC1. The predicted molar refractivity (Wildman–Crippen MR) is 62.3 cm³/mol. The highest BCUT2D eigenvalue weighted by atomic mass is 19.4. The fourth-order valence-electron chi connectivity index (χ4n) is 2.27. The molecule has 1 fully saturated rings. The van der Waals surface area contributed by atoms with E-state index in [2.05, 4.69) is 0 Å². The summed E-state index contributed by atoms with van der Waals surface area (Å²) in [5.74, 6) is 0.0123. The summed E-state index contributed by atoms with van der Waals surface area (Å²) >= 11 is 0. The summed E-state index contributed by atoms with van der Waals surface area (Å²) in [6, 6.07) is 2.50. The molecule has 6 heteroatoms. The molecule has 3 nitrogen and oxygen atoms in total. The van der Waals surface area contributed by atoms with Crippen molar-refractivity contribution < 1.29 is 22.6 Å². The maximum absolute atomic E-state index is 12.9. The Morgan fingerprint density at radius 2 is 1.74 bits per heavy atom. The van der Waals surface area contributed by atoms with E-state index in [-0.39, 0.29) is 30.3 Å². The van der Waals surface area contributed by atoms with Gasteiger partial charge in [-0.2, -0.15) is 13.2 Å². The molecule has 19 heavy (non-hydrogen) atoms. The van der Waals surface area contributed by atoms with E-state index in [4.69, 9.17) is 15.2 Å². The highest BCUT2D eigenvalue weighted by Crippen LogP contribution is 2.47. The number of halogens is 3. The van der Waals surface area contributed by atoms with Gasteiger partial charge in [0.25, 0.3) is 0 Å². The van der Waals surface area contributed by atoms with Gasteiger partial charge in [-0.25, -0.2) is 0 Å². The number of hydrogen-bond acceptors (Lipinski definition) is 3. The van der Waals surface area contributed by atoms with Crippen LogP contribution in [0.15, 0.2) is 12.1 Å². The average Bonchev–Trinajstić information content (AvgIpc) is 3.06. The molecule has 1 saturated carbocycles. The summed E-state index contributed by atoms with van der Waals surface area (Å²) in [7, 11) is 0. The van der Waals surface area contributed by atoms with Gasteiger partial charge in [0.05, 0.1) is 0 Å². The first-order chi connectivity index (χ1) is 8.89. The zero-order valence-electron chi connectivity index (χ0n) is 10.2. The fourth-order valence-corrected chi connectivity index (χ4v) is 2.27. The standard InChI is InChI=1S/C13H14F3NO2/c14-13(15,16)9-2-1-8(7-12(17)3-4-12)10-11(9)19-6-5-18-10/h1-2H,3-7,17H2. The predicted octanol–water partition coefficient (Wildman–Crippen LogP) is 2.51. The Balaban J connectivity index is 2.03. The third-order valence-electron chi connectivity index (χ3n) is 3.51. The van der Waals surface area contributed by atoms with Crippen molar-refractivity contribution in [1.82, 2.24) is 0 Å². The van der Waals surface area contributed by atoms with E-state index in [1.165, 1.54) is 6.07 Å². The maximum Gasteiger partial charge on any atom is 0.420 e. The lowest BCUT2D eigenvalue weighted by atomic mass is 10.0. The average molecular weight is 273 g/mol. The Labute approximate surface area is 108 Å². The molecular weight excluding hydrogens is 259 g/mol. The van der Waals surface area contributed by atoms with Crippen molar-refractivity contribution in [2.75, 3.05) is 13.2 Å². The Kier molecular flexibility index (Phi) is 2.67. The van der Waals surface area contributed by atoms with Crippen LogP contribution in [0.25, 0.3) is 0 Å². The van der Waals surface area contributed by atoms with Gasteiger partial charge in [-0.1, -0.05) is 6.07 Å². The van der Waals surface area contributed by atoms with Gasteiger partial charge < -0.3 is 15.2 Å². The third kappa shape index (κ3) is 2.36. The summed E-state index contributed by atoms with van der Waals surface area (Å²) in [4.78, 5) is 0. The number of fused-ring (bicyclic) bond motifs is 1. The molecule has 3 rings (SSSR count). The molecule has 0 unspecified atom stereocenters. The molecule has 0 spiro atoms. The van der Waals surface area contributed by atoms with Crippen molar-refractivity contribution in [1.29, 1.82) is 0 Å². The van der Waals surface area contributed by atoms with Crippen LogP contribution in [-0.2, 0) is 12.6 Å². The number of alkyl halides is 3. The molecule has 1 aromatic rings. The lowest BCUT2D eigenvalue weighted by Gasteiger charge is -2.25. The molecule has 2 aliphatic rings. The normalized spacial score (nSPS) is 20.2. The summed E-state index contributed by atoms with van der Waals surface area (Å²) in [5, 5.41) is 0. The minimum Gasteiger partial charge on any atom is -0.486 e. The quantitative estimate of drug-likeness (QED) is 0.900. The van der Waals surface area contributed by atoms with E-state index in [1.54, 1.807) is 0 Å². The summed E-state index contributed by atoms with van der Waals surface area (Å²) < 4.78 is 49.2. The van der Waals surface area contributed by atoms with E-state index in [9.17, 15) is 13.2 Å². The van der Waals surface area contributed by atoms with Crippen molar-refractivity contribution in [3.8, 4) is 11.5 Å². The zero-order chi connectivity index (χ0) is 13.7. The number of hydrogen-bond donors (Lipinski definition) is 1. The fraction of sp³-hybridized carbons (Fsp3) is 0.538. The molecule has 1 aliphatic heterocycles. The van der Waals surface area contributed by atoms with Crippen LogP contribution >= 0.6 is 0 Å². The largest absolute Gasteiger partial charge is 0.486 e. The van der Waals surface area contributed by atoms with Crippen LogP contribution in [0.4, 0.5) is 13.2 Å². The summed E-state index contributed by atoms with van der Waals surface area (Å²) in [6.45, 7) is 0.395. The van der Waals surface area contributed by atoms with E-state index < -0.39 is 11.7 Å². The van der Waals surface area contributed by atoms with Crippen LogP contribution in [0.5, 0.6) is 11.5 Å². The number of benzene rings is 1. The smallest absolute Gasteiger partial charge is 0.420 e. The van der Waals surface area contributed by atoms with Crippen molar-refractivity contribution in [3.63, 3.8) is 0 Å². The van der Waals surface area contributed by atoms with Crippen LogP contribution in [0.2, 0.25) is 0 Å². The number of ether oxygens (including phenoxy) is 2. The molecule has 0 saturated heterocycles. The van der Waals surface area contributed by atoms with Crippen LogP contribution < -0.4 is 15.2 Å². The summed E-state index contributed by atoms with van der Waals surface area (Å²) in [5.41, 5.74) is 5.65. The van der Waals surface area contributed by atoms with Crippen LogP contribution in [0.1, 0.15) is 24.0 Å². The van der Waals surface area contributed by atoms with Gasteiger partial charge in [0, 0.05) is 5.54 Å². The van der Waals surface area contributed by atoms with Crippen LogP contribution in [0, 0.1) is 0 Å². The highest BCUT2D eigenvalue weighted by molar-refractivity contribution is 5.54. The van der Waals surface area contributed by atoms with Crippen molar-refractivity contribution >= 4 is 0 Å². The van der Waals surface area contributed by atoms with Crippen molar-refractivity contribution in [2.45, 2.75) is 31.0 Å². The van der Waals surface area contributed by atoms with Gasteiger partial charge in [-0.15, -0.1) is 0 Å². The molecule has 0 radical (unpaired) electrons. The maximum atomic E-state index is 12.9. The Morgan fingerprint density at radius 3 is 2.32 bits per heavy atom. The van der Waals surface area contributed by atoms with Crippen LogP contribution in [0.3, 0.4) is 0 Å². The second-order valence-electron chi connectivity index (χ2n) is 5.16. The number of nitrogens with two attached hydrogens (primary N) is 1. The van der Waals surface area contributed by atoms with Crippen LogP contribution in [-0.4, -0.2) is 18.8 Å². The number of rotatable bonds is 2. The summed E-state index contributed by atoms with van der Waals surface area (Å²) in [6.07, 6.45) is -2.13. The van der Waals surface area contributed by atoms with Gasteiger partial charge in [-0.05, 0) is 30.9 Å². The van der Waals surface area contributed by atoms with E-state index in [1.807, 2.05) is 0 Å². The topological polar surface area (TPSA) is 44.5 Å². The molecule has 0 aromatic heterocycles. The molecular formula is C13H14F3NO2. The Morgan fingerprint density at radius 1 is 1.11 bits per heavy atom. The Hall–Kier alpha value is -1.43. The molecule has 0 atom stereocenters. The van der Waals surface area contributed by atoms with Crippen molar-refractivity contribution in [3.05, 3.63) is 23.3 Å². The monoisotopic (exact) mass is 273 g/mol. The van der Waals surface area contributed by atoms with Gasteiger partial charge in [-0.3, -0.25) is 0 Å². The van der Waals surface area contributed by atoms with E-state index in [0.29, 0.717) is 12.0 Å². The lowest BCUT2D eigenvalue weighted by molar-refractivity contribution is -0.139. The molecule has 0 amide bonds. The first kappa shape index (κ1) is 12.6. The van der Waals surface area contributed by atoms with Gasteiger partial charge >= 0.3 is 6.18 Å². The third-order valence-corrected chi connectivity index (χ3v) is 3.51. The molecule has 1 heterocycles. The molecule has 1 aliphatic carbocycles. The second-order valence-corrected chi connectivity index (χ2v) is 5.16. The van der Waals surface area contributed by atoms with Gasteiger partial charge in [0.2, 0.25) is 0 Å².